The van der Waals surface area contributed by atoms with Gasteiger partial charge in [0.25, 0.3) is 15.9 Å². The van der Waals surface area contributed by atoms with Crippen molar-refractivity contribution in [3.8, 4) is 0 Å². The highest BCUT2D eigenvalue weighted by atomic mass is 35.5. The number of aryl methyl sites for hydroxylation is 2. The third-order valence-electron chi connectivity index (χ3n) is 5.42. The van der Waals surface area contributed by atoms with E-state index in [0.29, 0.717) is 23.8 Å². The van der Waals surface area contributed by atoms with Crippen molar-refractivity contribution in [2.75, 3.05) is 16.2 Å². The molecule has 154 valence electrons. The summed E-state index contributed by atoms with van der Waals surface area (Å²) in [5.74, 6) is -0.405. The minimum absolute atomic E-state index is 0.0739. The number of anilines is 2. The minimum atomic E-state index is -3.90. The van der Waals surface area contributed by atoms with Crippen molar-refractivity contribution in [2.45, 2.75) is 30.6 Å². The number of rotatable bonds is 4. The van der Waals surface area contributed by atoms with Gasteiger partial charge in [-0.3, -0.25) is 14.4 Å². The molecule has 1 aliphatic heterocycles. The highest BCUT2D eigenvalue weighted by Gasteiger charge is 2.32. The summed E-state index contributed by atoms with van der Waals surface area (Å²) in [5, 5.41) is 3.41. The predicted molar refractivity (Wildman–Crippen MR) is 118 cm³/mol. The van der Waals surface area contributed by atoms with Crippen molar-refractivity contribution >= 4 is 49.7 Å². The molecule has 9 heteroatoms. The van der Waals surface area contributed by atoms with Crippen molar-refractivity contribution in [2.24, 2.45) is 0 Å². The SMILES string of the molecule is O=C(Nc1nc2c(s1)CCC2)c1ccc(Cl)c(S(=O)(=O)N2CCc3ccccc32)c1. The number of amides is 1. The molecule has 0 bridgehead atoms. The molecule has 1 amide bonds. The molecule has 2 aliphatic rings. The second kappa shape index (κ2) is 7.37. The van der Waals surface area contributed by atoms with E-state index in [0.717, 1.165) is 30.5 Å². The van der Waals surface area contributed by atoms with Gasteiger partial charge >= 0.3 is 0 Å². The number of nitrogens with zero attached hydrogens (tertiary/aromatic N) is 2. The number of sulfonamides is 1. The number of carbonyl (C=O) groups is 1. The summed E-state index contributed by atoms with van der Waals surface area (Å²) in [6.45, 7) is 0.346. The van der Waals surface area contributed by atoms with Gasteiger partial charge in [-0.25, -0.2) is 13.4 Å². The molecule has 30 heavy (non-hydrogen) atoms. The van der Waals surface area contributed by atoms with Crippen molar-refractivity contribution in [3.63, 3.8) is 0 Å². The molecular formula is C21H18ClN3O3S2. The summed E-state index contributed by atoms with van der Waals surface area (Å²) in [6, 6.07) is 11.7. The number of benzene rings is 2. The molecule has 1 aliphatic carbocycles. The Labute approximate surface area is 183 Å². The summed E-state index contributed by atoms with van der Waals surface area (Å²) < 4.78 is 28.0. The van der Waals surface area contributed by atoms with Gasteiger partial charge < -0.3 is 0 Å². The molecule has 0 atom stereocenters. The van der Waals surface area contributed by atoms with Crippen LogP contribution >= 0.6 is 22.9 Å². The van der Waals surface area contributed by atoms with E-state index in [9.17, 15) is 13.2 Å². The van der Waals surface area contributed by atoms with E-state index >= 15 is 0 Å². The lowest BCUT2D eigenvalue weighted by atomic mass is 10.2. The van der Waals surface area contributed by atoms with E-state index < -0.39 is 15.9 Å². The van der Waals surface area contributed by atoms with E-state index in [1.54, 1.807) is 6.07 Å². The topological polar surface area (TPSA) is 79.4 Å². The average molecular weight is 460 g/mol. The fourth-order valence-electron chi connectivity index (χ4n) is 3.93. The van der Waals surface area contributed by atoms with Gasteiger partial charge in [-0.15, -0.1) is 11.3 Å². The number of hydrogen-bond acceptors (Lipinski definition) is 5. The van der Waals surface area contributed by atoms with E-state index in [2.05, 4.69) is 10.3 Å². The first-order valence-corrected chi connectivity index (χ1v) is 12.3. The standard InChI is InChI=1S/C21H18ClN3O3S2/c22-15-9-8-14(20(26)24-21-23-16-5-3-7-18(16)29-21)12-19(15)30(27,28)25-11-10-13-4-1-2-6-17(13)25/h1-2,4,6,8-9,12H,3,5,7,10-11H2,(H,23,24,26). The first kappa shape index (κ1) is 19.5. The van der Waals surface area contributed by atoms with Gasteiger partial charge in [-0.1, -0.05) is 29.8 Å². The molecule has 6 nitrogen and oxygen atoms in total. The van der Waals surface area contributed by atoms with Gasteiger partial charge in [0, 0.05) is 17.0 Å². The molecule has 1 N–H and O–H groups in total. The predicted octanol–water partition coefficient (Wildman–Crippen LogP) is 4.29. The largest absolute Gasteiger partial charge is 0.298 e. The van der Waals surface area contributed by atoms with Crippen LogP contribution in [0.15, 0.2) is 47.4 Å². The zero-order valence-electron chi connectivity index (χ0n) is 15.9. The van der Waals surface area contributed by atoms with Crippen molar-refractivity contribution in [1.82, 2.24) is 4.98 Å². The lowest BCUT2D eigenvalue weighted by Gasteiger charge is -2.20. The van der Waals surface area contributed by atoms with Crippen LogP contribution in [0.1, 0.15) is 32.9 Å². The van der Waals surface area contributed by atoms with Gasteiger partial charge in [0.05, 0.1) is 16.4 Å². The maximum absolute atomic E-state index is 13.3. The maximum atomic E-state index is 13.3. The van der Waals surface area contributed by atoms with E-state index in [-0.39, 0.29) is 15.5 Å². The second-order valence-corrected chi connectivity index (χ2v) is 10.6. The zero-order chi connectivity index (χ0) is 20.9. The van der Waals surface area contributed by atoms with Crippen LogP contribution < -0.4 is 9.62 Å². The summed E-state index contributed by atoms with van der Waals surface area (Å²) >= 11 is 7.73. The van der Waals surface area contributed by atoms with Crippen molar-refractivity contribution < 1.29 is 13.2 Å². The van der Waals surface area contributed by atoms with E-state index in [1.165, 1.54) is 38.7 Å². The average Bonchev–Trinajstić information content (AvgIpc) is 3.42. The van der Waals surface area contributed by atoms with Gasteiger partial charge in [0.1, 0.15) is 4.90 Å². The van der Waals surface area contributed by atoms with Crippen LogP contribution in [0.5, 0.6) is 0 Å². The van der Waals surface area contributed by atoms with Crippen LogP contribution in [0.3, 0.4) is 0 Å². The van der Waals surface area contributed by atoms with Crippen LogP contribution in [0.4, 0.5) is 10.8 Å². The molecule has 2 heterocycles. The monoisotopic (exact) mass is 459 g/mol. The molecule has 0 radical (unpaired) electrons. The van der Waals surface area contributed by atoms with E-state index in [4.69, 9.17) is 11.6 Å². The summed E-state index contributed by atoms with van der Waals surface area (Å²) in [7, 11) is -3.90. The third kappa shape index (κ3) is 3.29. The number of fused-ring (bicyclic) bond motifs is 2. The highest BCUT2D eigenvalue weighted by molar-refractivity contribution is 7.93. The van der Waals surface area contributed by atoms with Gasteiger partial charge in [0.2, 0.25) is 0 Å². The lowest BCUT2D eigenvalue weighted by molar-refractivity contribution is 0.102. The fraction of sp³-hybridized carbons (Fsp3) is 0.238. The molecule has 2 aromatic carbocycles. The molecule has 3 aromatic rings. The van der Waals surface area contributed by atoms with Crippen molar-refractivity contribution in [1.29, 1.82) is 0 Å². The number of para-hydroxylation sites is 1. The Morgan fingerprint density at radius 2 is 1.97 bits per heavy atom. The molecule has 1 aromatic heterocycles. The van der Waals surface area contributed by atoms with Crippen LogP contribution in [-0.2, 0) is 29.3 Å². The number of aromatic nitrogens is 1. The molecule has 5 rings (SSSR count). The van der Waals surface area contributed by atoms with E-state index in [1.807, 2.05) is 18.2 Å². The maximum Gasteiger partial charge on any atom is 0.265 e. The first-order valence-electron chi connectivity index (χ1n) is 9.63. The third-order valence-corrected chi connectivity index (χ3v) is 8.79. The quantitative estimate of drug-likeness (QED) is 0.631. The zero-order valence-corrected chi connectivity index (χ0v) is 18.3. The molecular weight excluding hydrogens is 442 g/mol. The van der Waals surface area contributed by atoms with Crippen LogP contribution in [0.2, 0.25) is 5.02 Å². The molecule has 0 unspecified atom stereocenters. The number of thiazole rings is 1. The highest BCUT2D eigenvalue weighted by Crippen LogP contribution is 2.35. The Balaban J connectivity index is 1.45. The molecule has 0 saturated carbocycles. The Morgan fingerprint density at radius 3 is 2.80 bits per heavy atom. The first-order chi connectivity index (χ1) is 14.4. The molecule has 0 spiro atoms. The van der Waals surface area contributed by atoms with Gasteiger partial charge in [0.15, 0.2) is 5.13 Å². The Morgan fingerprint density at radius 1 is 1.13 bits per heavy atom. The van der Waals surface area contributed by atoms with Gasteiger partial charge in [-0.05, 0) is 55.5 Å². The Hall–Kier alpha value is -2.42. The summed E-state index contributed by atoms with van der Waals surface area (Å²) in [4.78, 5) is 18.4. The molecule has 0 saturated heterocycles. The van der Waals surface area contributed by atoms with Crippen LogP contribution in [-0.4, -0.2) is 25.9 Å². The van der Waals surface area contributed by atoms with Gasteiger partial charge in [-0.2, -0.15) is 0 Å². The number of nitrogens with one attached hydrogen (secondary N) is 1. The molecule has 0 fully saturated rings. The Bertz CT molecular complexity index is 1250. The normalized spacial score (nSPS) is 15.2. The summed E-state index contributed by atoms with van der Waals surface area (Å²) in [6.07, 6.45) is 3.66. The van der Waals surface area contributed by atoms with Crippen LogP contribution in [0, 0.1) is 0 Å². The minimum Gasteiger partial charge on any atom is -0.298 e. The lowest BCUT2D eigenvalue weighted by Crippen LogP contribution is -2.29. The van der Waals surface area contributed by atoms with Crippen LogP contribution in [0.25, 0.3) is 0 Å². The Kier molecular flexibility index (Phi) is 4.80. The number of carbonyl (C=O) groups excluding carboxylic acids is 1. The number of halogens is 1. The summed E-state index contributed by atoms with van der Waals surface area (Å²) in [5.41, 5.74) is 2.90. The number of hydrogen-bond donors (Lipinski definition) is 1. The second-order valence-electron chi connectivity index (χ2n) is 7.30. The van der Waals surface area contributed by atoms with Crippen molar-refractivity contribution in [3.05, 3.63) is 69.2 Å². The fourth-order valence-corrected chi connectivity index (χ4v) is 6.98. The smallest absolute Gasteiger partial charge is 0.265 e.